The minimum Gasteiger partial charge on any atom is -0.497 e. The van der Waals surface area contributed by atoms with E-state index in [1.165, 1.54) is 7.11 Å². The number of nitrogens with one attached hydrogen (secondary N) is 1. The number of ether oxygens (including phenoxy) is 2. The molecule has 1 N–H and O–H groups in total. The molecule has 4 heteroatoms. The van der Waals surface area contributed by atoms with Gasteiger partial charge >= 0.3 is 0 Å². The number of amides is 1. The molecule has 0 unspecified atom stereocenters. The van der Waals surface area contributed by atoms with Gasteiger partial charge in [0.2, 0.25) is 5.91 Å². The van der Waals surface area contributed by atoms with E-state index >= 15 is 0 Å². The zero-order valence-electron chi connectivity index (χ0n) is 12.3. The summed E-state index contributed by atoms with van der Waals surface area (Å²) in [5, 5.41) is 3.02. The monoisotopic (exact) mass is 265 g/mol. The number of hydrogen-bond donors (Lipinski definition) is 1. The Labute approximate surface area is 115 Å². The molecule has 1 rings (SSSR count). The summed E-state index contributed by atoms with van der Waals surface area (Å²) in [6.07, 6.45) is -0.445. The largest absolute Gasteiger partial charge is 0.497 e. The standard InChI is InChI=1S/C15H23NO3/c1-10(2)14(16-15(17)11(3)18-4)12-6-8-13(19-5)9-7-12/h6-11,14H,1-5H3,(H,16,17)/t11-,14+/m1/s1. The minimum absolute atomic E-state index is 0.0315. The lowest BCUT2D eigenvalue weighted by molar-refractivity contribution is -0.131. The first-order chi connectivity index (χ1) is 8.99. The summed E-state index contributed by atoms with van der Waals surface area (Å²) in [7, 11) is 3.17. The molecule has 0 saturated carbocycles. The van der Waals surface area contributed by atoms with Crippen molar-refractivity contribution in [1.29, 1.82) is 0 Å². The van der Waals surface area contributed by atoms with E-state index in [4.69, 9.17) is 9.47 Å². The van der Waals surface area contributed by atoms with Crippen molar-refractivity contribution in [2.45, 2.75) is 32.9 Å². The molecule has 0 fully saturated rings. The highest BCUT2D eigenvalue weighted by atomic mass is 16.5. The summed E-state index contributed by atoms with van der Waals surface area (Å²) in [5.74, 6) is 1.00. The van der Waals surface area contributed by atoms with Crippen LogP contribution in [0.15, 0.2) is 24.3 Å². The normalized spacial score (nSPS) is 14.0. The number of hydrogen-bond acceptors (Lipinski definition) is 3. The number of rotatable bonds is 6. The number of methoxy groups -OCH3 is 2. The van der Waals surface area contributed by atoms with Gasteiger partial charge in [-0.25, -0.2) is 0 Å². The van der Waals surface area contributed by atoms with Gasteiger partial charge in [0, 0.05) is 7.11 Å². The fourth-order valence-corrected chi connectivity index (χ4v) is 1.82. The van der Waals surface area contributed by atoms with Gasteiger partial charge in [-0.05, 0) is 30.5 Å². The summed E-state index contributed by atoms with van der Waals surface area (Å²) in [5.41, 5.74) is 1.06. The van der Waals surface area contributed by atoms with E-state index in [9.17, 15) is 4.79 Å². The molecule has 2 atom stereocenters. The first-order valence-corrected chi connectivity index (χ1v) is 6.46. The average Bonchev–Trinajstić information content (AvgIpc) is 2.43. The molecule has 0 aliphatic heterocycles. The Bertz CT molecular complexity index is 400. The Balaban J connectivity index is 2.84. The molecule has 1 aromatic rings. The van der Waals surface area contributed by atoms with Crippen LogP contribution in [0.1, 0.15) is 32.4 Å². The van der Waals surface area contributed by atoms with E-state index in [2.05, 4.69) is 19.2 Å². The van der Waals surface area contributed by atoms with Crippen molar-refractivity contribution < 1.29 is 14.3 Å². The Morgan fingerprint density at radius 2 is 1.68 bits per heavy atom. The van der Waals surface area contributed by atoms with Gasteiger partial charge in [-0.2, -0.15) is 0 Å². The lowest BCUT2D eigenvalue weighted by Gasteiger charge is -2.24. The second-order valence-electron chi connectivity index (χ2n) is 4.88. The second-order valence-corrected chi connectivity index (χ2v) is 4.88. The van der Waals surface area contributed by atoms with Crippen molar-refractivity contribution in [2.24, 2.45) is 5.92 Å². The van der Waals surface area contributed by atoms with Crippen LogP contribution in [0.5, 0.6) is 5.75 Å². The average molecular weight is 265 g/mol. The predicted molar refractivity (Wildman–Crippen MR) is 75.2 cm³/mol. The SMILES string of the molecule is COc1ccc([C@@H](NC(=O)[C@@H](C)OC)C(C)C)cc1. The van der Waals surface area contributed by atoms with Crippen molar-refractivity contribution in [2.75, 3.05) is 14.2 Å². The zero-order valence-corrected chi connectivity index (χ0v) is 12.3. The maximum Gasteiger partial charge on any atom is 0.249 e. The molecule has 0 aliphatic rings. The van der Waals surface area contributed by atoms with E-state index in [1.54, 1.807) is 14.0 Å². The molecule has 0 bridgehead atoms. The molecule has 0 saturated heterocycles. The lowest BCUT2D eigenvalue weighted by Crippen LogP contribution is -2.38. The summed E-state index contributed by atoms with van der Waals surface area (Å²) in [4.78, 5) is 11.9. The zero-order chi connectivity index (χ0) is 14.4. The Kier molecular flexibility index (Phi) is 5.83. The topological polar surface area (TPSA) is 47.6 Å². The van der Waals surface area contributed by atoms with E-state index in [0.717, 1.165) is 11.3 Å². The molecule has 19 heavy (non-hydrogen) atoms. The molecule has 1 aromatic carbocycles. The van der Waals surface area contributed by atoms with Crippen LogP contribution in [0.2, 0.25) is 0 Å². The molecule has 4 nitrogen and oxygen atoms in total. The molecular weight excluding hydrogens is 242 g/mol. The quantitative estimate of drug-likeness (QED) is 0.860. The Hall–Kier alpha value is -1.55. The summed E-state index contributed by atoms with van der Waals surface area (Å²) >= 11 is 0. The van der Waals surface area contributed by atoms with Crippen LogP contribution in [0.25, 0.3) is 0 Å². The highest BCUT2D eigenvalue weighted by Gasteiger charge is 2.21. The van der Waals surface area contributed by atoms with Crippen LogP contribution in [-0.2, 0) is 9.53 Å². The van der Waals surface area contributed by atoms with Gasteiger partial charge in [0.25, 0.3) is 0 Å². The van der Waals surface area contributed by atoms with Gasteiger partial charge in [-0.3, -0.25) is 4.79 Å². The first-order valence-electron chi connectivity index (χ1n) is 6.46. The number of carbonyl (C=O) groups excluding carboxylic acids is 1. The molecule has 0 aromatic heterocycles. The van der Waals surface area contributed by atoms with Crippen molar-refractivity contribution in [3.05, 3.63) is 29.8 Å². The van der Waals surface area contributed by atoms with Crippen molar-refractivity contribution in [3.63, 3.8) is 0 Å². The van der Waals surface area contributed by atoms with Gasteiger partial charge < -0.3 is 14.8 Å². The third-order valence-electron chi connectivity index (χ3n) is 3.16. The maximum atomic E-state index is 11.9. The number of carbonyl (C=O) groups is 1. The maximum absolute atomic E-state index is 11.9. The van der Waals surface area contributed by atoms with E-state index in [1.807, 2.05) is 24.3 Å². The highest BCUT2D eigenvalue weighted by Crippen LogP contribution is 2.24. The van der Waals surface area contributed by atoms with Crippen molar-refractivity contribution >= 4 is 5.91 Å². The van der Waals surface area contributed by atoms with Gasteiger partial charge in [-0.15, -0.1) is 0 Å². The predicted octanol–water partition coefficient (Wildman–Crippen LogP) is 2.54. The highest BCUT2D eigenvalue weighted by molar-refractivity contribution is 5.80. The van der Waals surface area contributed by atoms with Crippen LogP contribution in [0.4, 0.5) is 0 Å². The van der Waals surface area contributed by atoms with Crippen LogP contribution < -0.4 is 10.1 Å². The molecule has 1 amide bonds. The van der Waals surface area contributed by atoms with Crippen LogP contribution in [0, 0.1) is 5.92 Å². The second kappa shape index (κ2) is 7.14. The molecule has 106 valence electrons. The van der Waals surface area contributed by atoms with E-state index in [-0.39, 0.29) is 11.9 Å². The molecule has 0 spiro atoms. The minimum atomic E-state index is -0.445. The molecular formula is C15H23NO3. The van der Waals surface area contributed by atoms with Gasteiger partial charge in [0.15, 0.2) is 0 Å². The Morgan fingerprint density at radius 3 is 2.11 bits per heavy atom. The Morgan fingerprint density at radius 1 is 1.11 bits per heavy atom. The fraction of sp³-hybridized carbons (Fsp3) is 0.533. The molecule has 0 heterocycles. The summed E-state index contributed by atoms with van der Waals surface area (Å²) in [6.45, 7) is 5.89. The molecule has 0 aliphatic carbocycles. The third-order valence-corrected chi connectivity index (χ3v) is 3.16. The lowest BCUT2D eigenvalue weighted by atomic mass is 9.95. The smallest absolute Gasteiger partial charge is 0.249 e. The summed E-state index contributed by atoms with van der Waals surface area (Å²) < 4.78 is 10.2. The van der Waals surface area contributed by atoms with Crippen LogP contribution in [-0.4, -0.2) is 26.2 Å². The first kappa shape index (κ1) is 15.5. The van der Waals surface area contributed by atoms with Gasteiger partial charge in [-0.1, -0.05) is 26.0 Å². The van der Waals surface area contributed by atoms with E-state index in [0.29, 0.717) is 5.92 Å². The third kappa shape index (κ3) is 4.24. The van der Waals surface area contributed by atoms with Crippen LogP contribution in [0.3, 0.4) is 0 Å². The van der Waals surface area contributed by atoms with Crippen molar-refractivity contribution in [1.82, 2.24) is 5.32 Å². The summed E-state index contributed by atoms with van der Waals surface area (Å²) in [6, 6.07) is 7.71. The van der Waals surface area contributed by atoms with Gasteiger partial charge in [0.05, 0.1) is 13.2 Å². The van der Waals surface area contributed by atoms with Crippen molar-refractivity contribution in [3.8, 4) is 5.75 Å². The van der Waals surface area contributed by atoms with E-state index < -0.39 is 6.10 Å². The van der Waals surface area contributed by atoms with Crippen LogP contribution >= 0.6 is 0 Å². The fourth-order valence-electron chi connectivity index (χ4n) is 1.82. The number of benzene rings is 1. The molecule has 0 radical (unpaired) electrons. The van der Waals surface area contributed by atoms with Gasteiger partial charge in [0.1, 0.15) is 11.9 Å².